The summed E-state index contributed by atoms with van der Waals surface area (Å²) in [5.41, 5.74) is 6.82. The van der Waals surface area contributed by atoms with Crippen molar-refractivity contribution in [3.63, 3.8) is 0 Å². The highest BCUT2D eigenvalue weighted by atomic mass is 16.5. The molecule has 3 nitrogen and oxygen atoms in total. The summed E-state index contributed by atoms with van der Waals surface area (Å²) < 4.78 is 5.76. The summed E-state index contributed by atoms with van der Waals surface area (Å²) in [7, 11) is 0. The molecule has 0 bridgehead atoms. The lowest BCUT2D eigenvalue weighted by Gasteiger charge is -2.19. The van der Waals surface area contributed by atoms with Crippen molar-refractivity contribution in [2.45, 2.75) is 38.0 Å². The van der Waals surface area contributed by atoms with Crippen molar-refractivity contribution in [3.8, 4) is 5.75 Å². The smallest absolute Gasteiger partial charge is 0.126 e. The molecule has 1 fully saturated rings. The third kappa shape index (κ3) is 2.13. The Morgan fingerprint density at radius 1 is 1.33 bits per heavy atom. The zero-order valence-electron chi connectivity index (χ0n) is 8.89. The fourth-order valence-corrected chi connectivity index (χ4v) is 1.95. The van der Waals surface area contributed by atoms with Crippen molar-refractivity contribution in [1.29, 1.82) is 0 Å². The molecule has 3 N–H and O–H groups in total. The average molecular weight is 207 g/mol. The molecule has 0 aromatic heterocycles. The Bertz CT molecular complexity index is 340. The van der Waals surface area contributed by atoms with Gasteiger partial charge in [-0.2, -0.15) is 0 Å². The predicted molar refractivity (Wildman–Crippen MR) is 58.8 cm³/mol. The van der Waals surface area contributed by atoms with Gasteiger partial charge >= 0.3 is 0 Å². The number of hydrogen-bond acceptors (Lipinski definition) is 3. The summed E-state index contributed by atoms with van der Waals surface area (Å²) in [5, 5.41) is 9.76. The molecule has 0 aliphatic heterocycles. The van der Waals surface area contributed by atoms with Gasteiger partial charge in [0.05, 0.1) is 0 Å². The lowest BCUT2D eigenvalue weighted by atomic mass is 10.2. The summed E-state index contributed by atoms with van der Waals surface area (Å²) in [6, 6.07) is 7.68. The molecular formula is C12H17NO2. The van der Waals surface area contributed by atoms with Crippen LogP contribution in [0.3, 0.4) is 0 Å². The number of aliphatic hydroxyl groups is 1. The van der Waals surface area contributed by atoms with Crippen LogP contribution in [0.4, 0.5) is 0 Å². The number of aliphatic hydroxyl groups excluding tert-OH is 1. The van der Waals surface area contributed by atoms with Gasteiger partial charge in [0.25, 0.3) is 0 Å². The van der Waals surface area contributed by atoms with E-state index >= 15 is 0 Å². The molecule has 15 heavy (non-hydrogen) atoms. The van der Waals surface area contributed by atoms with E-state index in [1.165, 1.54) is 0 Å². The second-order valence-corrected chi connectivity index (χ2v) is 4.15. The molecule has 0 heterocycles. The summed E-state index contributed by atoms with van der Waals surface area (Å²) in [6.07, 6.45) is 0.972. The van der Waals surface area contributed by atoms with Crippen LogP contribution < -0.4 is 10.5 Å². The van der Waals surface area contributed by atoms with E-state index in [2.05, 4.69) is 0 Å². The summed E-state index contributed by atoms with van der Waals surface area (Å²) in [6.45, 7) is 2.00. The minimum atomic E-state index is -0.537. The standard InChI is InChI=1S/C12H17NO2/c1-8-4-2-3-5-10(8)15-11-7-6-9(13)12(11)14/h2-5,9,11-12,14H,6-7,13H2,1H3. The van der Waals surface area contributed by atoms with E-state index < -0.39 is 6.10 Å². The van der Waals surface area contributed by atoms with Gasteiger partial charge in [-0.1, -0.05) is 18.2 Å². The molecule has 1 saturated carbocycles. The molecule has 0 saturated heterocycles. The van der Waals surface area contributed by atoms with Gasteiger partial charge in [-0.25, -0.2) is 0 Å². The van der Waals surface area contributed by atoms with Gasteiger partial charge < -0.3 is 15.6 Å². The van der Waals surface area contributed by atoms with Gasteiger partial charge in [-0.15, -0.1) is 0 Å². The lowest BCUT2D eigenvalue weighted by Crippen LogP contribution is -2.37. The van der Waals surface area contributed by atoms with E-state index in [1.54, 1.807) is 0 Å². The van der Waals surface area contributed by atoms with Crippen LogP contribution in [0.1, 0.15) is 18.4 Å². The fraction of sp³-hybridized carbons (Fsp3) is 0.500. The van der Waals surface area contributed by atoms with Gasteiger partial charge in [-0.3, -0.25) is 0 Å². The van der Waals surface area contributed by atoms with Crippen LogP contribution >= 0.6 is 0 Å². The zero-order valence-corrected chi connectivity index (χ0v) is 8.89. The van der Waals surface area contributed by atoms with Crippen LogP contribution in [0.15, 0.2) is 24.3 Å². The molecule has 1 aromatic rings. The first-order valence-electron chi connectivity index (χ1n) is 5.34. The number of rotatable bonds is 2. The lowest BCUT2D eigenvalue weighted by molar-refractivity contribution is 0.0517. The second-order valence-electron chi connectivity index (χ2n) is 4.15. The average Bonchev–Trinajstić information content (AvgIpc) is 2.53. The highest BCUT2D eigenvalue weighted by Crippen LogP contribution is 2.26. The zero-order chi connectivity index (χ0) is 10.8. The highest BCUT2D eigenvalue weighted by Gasteiger charge is 2.33. The van der Waals surface area contributed by atoms with Crippen LogP contribution in [-0.4, -0.2) is 23.4 Å². The molecule has 82 valence electrons. The SMILES string of the molecule is Cc1ccccc1OC1CCC(N)C1O. The summed E-state index contributed by atoms with van der Waals surface area (Å²) in [5.74, 6) is 0.843. The highest BCUT2D eigenvalue weighted by molar-refractivity contribution is 5.32. The molecular weight excluding hydrogens is 190 g/mol. The maximum atomic E-state index is 9.76. The van der Waals surface area contributed by atoms with Gasteiger partial charge in [0.2, 0.25) is 0 Å². The molecule has 1 aromatic carbocycles. The molecule has 2 rings (SSSR count). The van der Waals surface area contributed by atoms with Crippen LogP contribution in [0.25, 0.3) is 0 Å². The Balaban J connectivity index is 2.07. The van der Waals surface area contributed by atoms with Gasteiger partial charge in [0.15, 0.2) is 0 Å². The van der Waals surface area contributed by atoms with Crippen molar-refractivity contribution < 1.29 is 9.84 Å². The van der Waals surface area contributed by atoms with Crippen molar-refractivity contribution in [2.75, 3.05) is 0 Å². The Labute approximate surface area is 89.9 Å². The molecule has 3 heteroatoms. The maximum absolute atomic E-state index is 9.76. The maximum Gasteiger partial charge on any atom is 0.126 e. The third-order valence-corrected chi connectivity index (χ3v) is 2.98. The fourth-order valence-electron chi connectivity index (χ4n) is 1.95. The Hall–Kier alpha value is -1.06. The largest absolute Gasteiger partial charge is 0.487 e. The van der Waals surface area contributed by atoms with Crippen molar-refractivity contribution >= 4 is 0 Å². The minimum Gasteiger partial charge on any atom is -0.487 e. The Morgan fingerprint density at radius 2 is 2.07 bits per heavy atom. The summed E-state index contributed by atoms with van der Waals surface area (Å²) in [4.78, 5) is 0. The number of benzene rings is 1. The summed E-state index contributed by atoms with van der Waals surface area (Å²) >= 11 is 0. The second kappa shape index (κ2) is 4.21. The van der Waals surface area contributed by atoms with Crippen LogP contribution in [-0.2, 0) is 0 Å². The third-order valence-electron chi connectivity index (χ3n) is 2.98. The van der Waals surface area contributed by atoms with E-state index in [-0.39, 0.29) is 12.1 Å². The number of nitrogens with two attached hydrogens (primary N) is 1. The quantitative estimate of drug-likeness (QED) is 0.766. The number of hydrogen-bond donors (Lipinski definition) is 2. The van der Waals surface area contributed by atoms with Gasteiger partial charge in [0.1, 0.15) is 18.0 Å². The van der Waals surface area contributed by atoms with Gasteiger partial charge in [-0.05, 0) is 31.4 Å². The molecule has 0 radical (unpaired) electrons. The van der Waals surface area contributed by atoms with Gasteiger partial charge in [0, 0.05) is 6.04 Å². The predicted octanol–water partition coefficient (Wildman–Crippen LogP) is 1.22. The first-order chi connectivity index (χ1) is 7.18. The minimum absolute atomic E-state index is 0.140. The van der Waals surface area contributed by atoms with Crippen LogP contribution in [0, 0.1) is 6.92 Å². The van der Waals surface area contributed by atoms with Crippen molar-refractivity contribution in [1.82, 2.24) is 0 Å². The molecule has 3 atom stereocenters. The van der Waals surface area contributed by atoms with Crippen LogP contribution in [0.5, 0.6) is 5.75 Å². The molecule has 1 aliphatic rings. The van der Waals surface area contributed by atoms with E-state index in [0.29, 0.717) is 0 Å². The van der Waals surface area contributed by atoms with E-state index in [9.17, 15) is 5.11 Å². The molecule has 1 aliphatic carbocycles. The molecule has 3 unspecified atom stereocenters. The molecule has 0 amide bonds. The van der Waals surface area contributed by atoms with Crippen LogP contribution in [0.2, 0.25) is 0 Å². The first-order valence-corrected chi connectivity index (χ1v) is 5.34. The van der Waals surface area contributed by atoms with E-state index in [1.807, 2.05) is 31.2 Å². The van der Waals surface area contributed by atoms with E-state index in [0.717, 1.165) is 24.2 Å². The topological polar surface area (TPSA) is 55.5 Å². The Kier molecular flexibility index (Phi) is 2.93. The Morgan fingerprint density at radius 3 is 2.67 bits per heavy atom. The number of para-hydroxylation sites is 1. The monoisotopic (exact) mass is 207 g/mol. The normalized spacial score (nSPS) is 30.5. The van der Waals surface area contributed by atoms with Crippen molar-refractivity contribution in [3.05, 3.63) is 29.8 Å². The number of ether oxygens (including phenoxy) is 1. The molecule has 0 spiro atoms. The number of aryl methyl sites for hydroxylation is 1. The van der Waals surface area contributed by atoms with Crippen molar-refractivity contribution in [2.24, 2.45) is 5.73 Å². The first kappa shape index (κ1) is 10.5. The van der Waals surface area contributed by atoms with E-state index in [4.69, 9.17) is 10.5 Å².